The van der Waals surface area contributed by atoms with Crippen LogP contribution in [0.25, 0.3) is 0 Å². The first-order valence-corrected chi connectivity index (χ1v) is 6.23. The summed E-state index contributed by atoms with van der Waals surface area (Å²) in [6.07, 6.45) is 0.294. The molecule has 18 heavy (non-hydrogen) atoms. The van der Waals surface area contributed by atoms with Gasteiger partial charge < -0.3 is 16.2 Å². The first-order chi connectivity index (χ1) is 8.45. The summed E-state index contributed by atoms with van der Waals surface area (Å²) in [5, 5.41) is 12.6. The Labute approximate surface area is 107 Å². The van der Waals surface area contributed by atoms with Gasteiger partial charge in [0.2, 0.25) is 0 Å². The summed E-state index contributed by atoms with van der Waals surface area (Å²) < 4.78 is 0. The van der Waals surface area contributed by atoms with Crippen LogP contribution in [0.4, 0.5) is 0 Å². The van der Waals surface area contributed by atoms with Crippen LogP contribution in [-0.2, 0) is 6.54 Å². The van der Waals surface area contributed by atoms with Crippen molar-refractivity contribution in [2.24, 2.45) is 11.1 Å². The van der Waals surface area contributed by atoms with Crippen LogP contribution < -0.4 is 11.1 Å². The Morgan fingerprint density at radius 2 is 2.06 bits per heavy atom. The SMILES string of the molecule is CC1(C)C(O)CC1NC(=O)c1ccc(CN)cc1. The Balaban J connectivity index is 2.00. The lowest BCUT2D eigenvalue weighted by Gasteiger charge is -2.49. The fourth-order valence-electron chi connectivity index (χ4n) is 2.18. The highest BCUT2D eigenvalue weighted by molar-refractivity contribution is 5.94. The number of carbonyl (C=O) groups is 1. The predicted molar refractivity (Wildman–Crippen MR) is 70.0 cm³/mol. The van der Waals surface area contributed by atoms with Gasteiger partial charge in [-0.1, -0.05) is 26.0 Å². The van der Waals surface area contributed by atoms with Gasteiger partial charge in [0.05, 0.1) is 6.10 Å². The van der Waals surface area contributed by atoms with Gasteiger partial charge in [0.1, 0.15) is 0 Å². The summed E-state index contributed by atoms with van der Waals surface area (Å²) >= 11 is 0. The fraction of sp³-hybridized carbons (Fsp3) is 0.500. The quantitative estimate of drug-likeness (QED) is 0.748. The highest BCUT2D eigenvalue weighted by Crippen LogP contribution is 2.40. The lowest BCUT2D eigenvalue weighted by Crippen LogP contribution is -2.61. The van der Waals surface area contributed by atoms with Crippen molar-refractivity contribution in [1.82, 2.24) is 5.32 Å². The minimum absolute atomic E-state index is 0.0363. The van der Waals surface area contributed by atoms with Gasteiger partial charge in [0, 0.05) is 23.6 Å². The zero-order valence-electron chi connectivity index (χ0n) is 10.8. The number of nitrogens with two attached hydrogens (primary N) is 1. The summed E-state index contributed by atoms with van der Waals surface area (Å²) in [5.74, 6) is -0.0939. The molecule has 1 saturated carbocycles. The Morgan fingerprint density at radius 3 is 2.50 bits per heavy atom. The molecule has 0 saturated heterocycles. The zero-order valence-corrected chi connectivity index (χ0v) is 10.8. The van der Waals surface area contributed by atoms with E-state index in [1.165, 1.54) is 0 Å². The van der Waals surface area contributed by atoms with Gasteiger partial charge in [-0.2, -0.15) is 0 Å². The van der Waals surface area contributed by atoms with E-state index in [2.05, 4.69) is 5.32 Å². The molecule has 4 heteroatoms. The van der Waals surface area contributed by atoms with E-state index in [-0.39, 0.29) is 23.5 Å². The van der Waals surface area contributed by atoms with Crippen LogP contribution in [0.3, 0.4) is 0 Å². The minimum Gasteiger partial charge on any atom is -0.392 e. The molecule has 1 fully saturated rings. The Bertz CT molecular complexity index is 440. The van der Waals surface area contributed by atoms with Crippen LogP contribution >= 0.6 is 0 Å². The van der Waals surface area contributed by atoms with Crippen molar-refractivity contribution < 1.29 is 9.90 Å². The van der Waals surface area contributed by atoms with E-state index in [1.54, 1.807) is 12.1 Å². The molecule has 0 radical (unpaired) electrons. The van der Waals surface area contributed by atoms with Gasteiger partial charge in [-0.25, -0.2) is 0 Å². The van der Waals surface area contributed by atoms with E-state index in [0.29, 0.717) is 18.5 Å². The molecule has 1 aromatic carbocycles. The Kier molecular flexibility index (Phi) is 3.41. The highest BCUT2D eigenvalue weighted by Gasteiger charge is 2.47. The maximum absolute atomic E-state index is 12.0. The lowest BCUT2D eigenvalue weighted by molar-refractivity contribution is -0.0689. The van der Waals surface area contributed by atoms with Crippen LogP contribution in [0, 0.1) is 5.41 Å². The molecule has 1 aliphatic carbocycles. The minimum atomic E-state index is -0.331. The molecular weight excluding hydrogens is 228 g/mol. The van der Waals surface area contributed by atoms with Crippen molar-refractivity contribution in [3.8, 4) is 0 Å². The molecule has 2 atom stereocenters. The van der Waals surface area contributed by atoms with Crippen molar-refractivity contribution in [2.45, 2.75) is 39.0 Å². The Hall–Kier alpha value is -1.39. The molecule has 1 aliphatic rings. The van der Waals surface area contributed by atoms with E-state index in [4.69, 9.17) is 5.73 Å². The zero-order chi connectivity index (χ0) is 13.3. The number of hydrogen-bond acceptors (Lipinski definition) is 3. The number of aliphatic hydroxyl groups is 1. The molecule has 0 spiro atoms. The number of hydrogen-bond donors (Lipinski definition) is 3. The molecule has 0 aliphatic heterocycles. The van der Waals surface area contributed by atoms with Crippen LogP contribution in [0.15, 0.2) is 24.3 Å². The second-order valence-corrected chi connectivity index (χ2v) is 5.50. The van der Waals surface area contributed by atoms with Crippen molar-refractivity contribution in [3.63, 3.8) is 0 Å². The number of nitrogens with one attached hydrogen (secondary N) is 1. The van der Waals surface area contributed by atoms with Gasteiger partial charge in [0.25, 0.3) is 5.91 Å². The first kappa shape index (κ1) is 13.1. The van der Waals surface area contributed by atoms with E-state index in [9.17, 15) is 9.90 Å². The Morgan fingerprint density at radius 1 is 1.44 bits per heavy atom. The molecule has 0 bridgehead atoms. The van der Waals surface area contributed by atoms with Gasteiger partial charge >= 0.3 is 0 Å². The molecule has 1 amide bonds. The van der Waals surface area contributed by atoms with Gasteiger partial charge in [0.15, 0.2) is 0 Å². The predicted octanol–water partition coefficient (Wildman–Crippen LogP) is 1.03. The summed E-state index contributed by atoms with van der Waals surface area (Å²) in [4.78, 5) is 12.0. The van der Waals surface area contributed by atoms with Crippen molar-refractivity contribution in [1.29, 1.82) is 0 Å². The third-order valence-electron chi connectivity index (χ3n) is 3.97. The average Bonchev–Trinajstić information content (AvgIpc) is 2.38. The molecule has 2 unspecified atom stereocenters. The second-order valence-electron chi connectivity index (χ2n) is 5.50. The van der Waals surface area contributed by atoms with E-state index < -0.39 is 0 Å². The smallest absolute Gasteiger partial charge is 0.251 e. The number of rotatable bonds is 3. The molecule has 2 rings (SSSR count). The number of benzene rings is 1. The van der Waals surface area contributed by atoms with E-state index in [1.807, 2.05) is 26.0 Å². The monoisotopic (exact) mass is 248 g/mol. The van der Waals surface area contributed by atoms with Gasteiger partial charge in [-0.3, -0.25) is 4.79 Å². The summed E-state index contributed by atoms with van der Waals surface area (Å²) in [7, 11) is 0. The van der Waals surface area contributed by atoms with E-state index in [0.717, 1.165) is 5.56 Å². The lowest BCUT2D eigenvalue weighted by atomic mass is 9.64. The van der Waals surface area contributed by atoms with Crippen LogP contribution in [-0.4, -0.2) is 23.2 Å². The maximum atomic E-state index is 12.0. The maximum Gasteiger partial charge on any atom is 0.251 e. The third kappa shape index (κ3) is 2.26. The largest absolute Gasteiger partial charge is 0.392 e. The fourth-order valence-corrected chi connectivity index (χ4v) is 2.18. The summed E-state index contributed by atoms with van der Waals surface area (Å²) in [6.45, 7) is 4.40. The number of aliphatic hydroxyl groups excluding tert-OH is 1. The van der Waals surface area contributed by atoms with E-state index >= 15 is 0 Å². The molecular formula is C14H20N2O2. The molecule has 98 valence electrons. The van der Waals surface area contributed by atoms with Crippen molar-refractivity contribution in [3.05, 3.63) is 35.4 Å². The van der Waals surface area contributed by atoms with Crippen LogP contribution in [0.5, 0.6) is 0 Å². The summed E-state index contributed by atoms with van der Waals surface area (Å²) in [6, 6.07) is 7.30. The first-order valence-electron chi connectivity index (χ1n) is 6.23. The summed E-state index contributed by atoms with van der Waals surface area (Å²) in [5.41, 5.74) is 6.90. The van der Waals surface area contributed by atoms with Gasteiger partial charge in [-0.15, -0.1) is 0 Å². The molecule has 0 aromatic heterocycles. The second kappa shape index (κ2) is 4.71. The number of carbonyl (C=O) groups excluding carboxylic acids is 1. The molecule has 0 heterocycles. The highest BCUT2D eigenvalue weighted by atomic mass is 16.3. The van der Waals surface area contributed by atoms with Gasteiger partial charge in [-0.05, 0) is 24.1 Å². The van der Waals surface area contributed by atoms with Crippen molar-refractivity contribution in [2.75, 3.05) is 0 Å². The topological polar surface area (TPSA) is 75.3 Å². The number of amides is 1. The van der Waals surface area contributed by atoms with Crippen LogP contribution in [0.1, 0.15) is 36.2 Å². The average molecular weight is 248 g/mol. The molecule has 4 nitrogen and oxygen atoms in total. The molecule has 1 aromatic rings. The third-order valence-corrected chi connectivity index (χ3v) is 3.97. The van der Waals surface area contributed by atoms with Crippen LogP contribution in [0.2, 0.25) is 0 Å². The molecule has 4 N–H and O–H groups in total. The normalized spacial score (nSPS) is 25.3. The van der Waals surface area contributed by atoms with Crippen molar-refractivity contribution >= 4 is 5.91 Å². The standard InChI is InChI=1S/C14H20N2O2/c1-14(2)11(7-12(14)17)16-13(18)10-5-3-9(8-15)4-6-10/h3-6,11-12,17H,7-8,15H2,1-2H3,(H,16,18).